The summed E-state index contributed by atoms with van der Waals surface area (Å²) in [4.78, 5) is 4.73. The van der Waals surface area contributed by atoms with Crippen molar-refractivity contribution in [3.8, 4) is 0 Å². The van der Waals surface area contributed by atoms with E-state index in [2.05, 4.69) is 38.1 Å². The molecule has 0 unspecified atom stereocenters. The quantitative estimate of drug-likeness (QED) is 0.282. The van der Waals surface area contributed by atoms with E-state index in [1.165, 1.54) is 37.0 Å². The van der Waals surface area contributed by atoms with Gasteiger partial charge in [-0.2, -0.15) is 6.42 Å². The van der Waals surface area contributed by atoms with Crippen LogP contribution < -0.4 is 18.9 Å². The molecule has 0 aliphatic heterocycles. The van der Waals surface area contributed by atoms with Crippen molar-refractivity contribution in [1.82, 2.24) is 0 Å². The summed E-state index contributed by atoms with van der Waals surface area (Å²) in [7, 11) is 0. The number of hydrogen-bond acceptors (Lipinski definition) is 1. The molecule has 1 nitrogen and oxygen atoms in total. The molecule has 0 N–H and O–H groups in total. The fraction of sp³-hybridized carbons (Fsp3) is 0.500. The number of unbranched alkanes of at least 4 members (excludes halogenated alkanes) is 3. The van der Waals surface area contributed by atoms with Crippen LogP contribution in [0.15, 0.2) is 35.3 Å². The van der Waals surface area contributed by atoms with E-state index in [0.29, 0.717) is 0 Å². The molecule has 0 saturated heterocycles. The van der Waals surface area contributed by atoms with E-state index in [-0.39, 0.29) is 18.9 Å². The van der Waals surface area contributed by atoms with Crippen LogP contribution in [0.1, 0.15) is 51.0 Å². The number of aliphatic imine (C=N–C) groups is 1. The molecule has 0 fully saturated rings. The maximum atomic E-state index is 4.73. The van der Waals surface area contributed by atoms with Crippen molar-refractivity contribution in [3.05, 3.63) is 42.8 Å². The molecular weight excluding hydrogens is 213 g/mol. The Hall–Kier alpha value is -0.513. The molecule has 0 saturated carbocycles. The Labute approximate surface area is 124 Å². The third-order valence-electron chi connectivity index (χ3n) is 2.83. The van der Waals surface area contributed by atoms with E-state index in [0.717, 1.165) is 19.4 Å². The molecule has 1 rings (SSSR count). The Balaban J connectivity index is 0.00000289. The zero-order valence-electron chi connectivity index (χ0n) is 12.0. The van der Waals surface area contributed by atoms with Crippen LogP contribution in [0.2, 0.25) is 0 Å². The standard InChI is InChI=1S/C16H24N.Li/c1-3-5-6-10-14-17-16(11-4-2)15-12-8-7-9-13-15;/h7-9,12-13H,2-6,10-11,14H2,1H3;/q-1;+1. The first-order valence-corrected chi connectivity index (χ1v) is 6.76. The van der Waals surface area contributed by atoms with E-state index in [1.807, 2.05) is 6.07 Å². The molecule has 2 heteroatoms. The number of benzene rings is 1. The first kappa shape index (κ1) is 17.5. The number of rotatable bonds is 8. The Morgan fingerprint density at radius 2 is 1.83 bits per heavy atom. The predicted molar refractivity (Wildman–Crippen MR) is 76.6 cm³/mol. The van der Waals surface area contributed by atoms with Crippen molar-refractivity contribution in [2.75, 3.05) is 6.54 Å². The largest absolute Gasteiger partial charge is 1.00 e. The summed E-state index contributed by atoms with van der Waals surface area (Å²) in [6, 6.07) is 10.5. The fourth-order valence-corrected chi connectivity index (χ4v) is 1.87. The monoisotopic (exact) mass is 237 g/mol. The summed E-state index contributed by atoms with van der Waals surface area (Å²) in [5.41, 5.74) is 2.48. The molecular formula is C16H24LiN. The molecule has 0 aromatic heterocycles. The Morgan fingerprint density at radius 3 is 2.44 bits per heavy atom. The average molecular weight is 237 g/mol. The minimum atomic E-state index is 0. The summed E-state index contributed by atoms with van der Waals surface area (Å²) in [6.07, 6.45) is 7.02. The summed E-state index contributed by atoms with van der Waals surface area (Å²) in [6.45, 7) is 7.13. The van der Waals surface area contributed by atoms with Gasteiger partial charge in [0, 0.05) is 12.3 Å². The summed E-state index contributed by atoms with van der Waals surface area (Å²) >= 11 is 0. The van der Waals surface area contributed by atoms with Crippen molar-refractivity contribution in [1.29, 1.82) is 0 Å². The van der Waals surface area contributed by atoms with Crippen molar-refractivity contribution in [2.45, 2.75) is 45.4 Å². The smallest absolute Gasteiger partial charge is 0.343 e. The Morgan fingerprint density at radius 1 is 1.11 bits per heavy atom. The molecule has 0 atom stereocenters. The van der Waals surface area contributed by atoms with Crippen molar-refractivity contribution in [3.63, 3.8) is 0 Å². The SMILES string of the molecule is [CH2-]CCC(=NCCCCCC)c1ccccc1.[Li+]. The molecule has 0 aliphatic carbocycles. The molecule has 1 aromatic rings. The summed E-state index contributed by atoms with van der Waals surface area (Å²) < 4.78 is 0. The van der Waals surface area contributed by atoms with Gasteiger partial charge in [-0.25, -0.2) is 0 Å². The van der Waals surface area contributed by atoms with E-state index >= 15 is 0 Å². The third-order valence-corrected chi connectivity index (χ3v) is 2.83. The molecule has 94 valence electrons. The third kappa shape index (κ3) is 7.04. The van der Waals surface area contributed by atoms with Gasteiger partial charge in [-0.05, 0) is 18.4 Å². The maximum absolute atomic E-state index is 4.73. The molecule has 0 heterocycles. The molecule has 0 spiro atoms. The van der Waals surface area contributed by atoms with Crippen molar-refractivity contribution < 1.29 is 18.9 Å². The van der Waals surface area contributed by atoms with Gasteiger partial charge in [0.05, 0.1) is 0 Å². The van der Waals surface area contributed by atoms with Gasteiger partial charge in [0.15, 0.2) is 0 Å². The molecule has 0 aliphatic rings. The van der Waals surface area contributed by atoms with Gasteiger partial charge in [-0.3, -0.25) is 4.99 Å². The van der Waals surface area contributed by atoms with E-state index in [1.54, 1.807) is 0 Å². The van der Waals surface area contributed by atoms with E-state index < -0.39 is 0 Å². The van der Waals surface area contributed by atoms with Gasteiger partial charge in [0.2, 0.25) is 0 Å². The predicted octanol–water partition coefficient (Wildman–Crippen LogP) is 1.67. The number of hydrogen-bond donors (Lipinski definition) is 0. The molecule has 1 aromatic carbocycles. The minimum absolute atomic E-state index is 0. The van der Waals surface area contributed by atoms with Gasteiger partial charge < -0.3 is 6.92 Å². The molecule has 0 amide bonds. The van der Waals surface area contributed by atoms with Crippen LogP contribution >= 0.6 is 0 Å². The normalized spacial score (nSPS) is 11.1. The van der Waals surface area contributed by atoms with Crippen LogP contribution in [0, 0.1) is 6.92 Å². The Bertz CT molecular complexity index is 319. The minimum Gasteiger partial charge on any atom is -0.343 e. The van der Waals surface area contributed by atoms with Gasteiger partial charge >= 0.3 is 18.9 Å². The summed E-state index contributed by atoms with van der Waals surface area (Å²) in [5, 5.41) is 0. The number of nitrogens with zero attached hydrogens (tertiary/aromatic N) is 1. The first-order chi connectivity index (χ1) is 8.38. The molecule has 0 bridgehead atoms. The van der Waals surface area contributed by atoms with Crippen LogP contribution in [0.5, 0.6) is 0 Å². The second-order valence-corrected chi connectivity index (χ2v) is 4.36. The van der Waals surface area contributed by atoms with Crippen LogP contribution in [0.4, 0.5) is 0 Å². The fourth-order valence-electron chi connectivity index (χ4n) is 1.87. The van der Waals surface area contributed by atoms with E-state index in [9.17, 15) is 0 Å². The van der Waals surface area contributed by atoms with Gasteiger partial charge in [-0.15, -0.1) is 0 Å². The van der Waals surface area contributed by atoms with Crippen LogP contribution in [-0.4, -0.2) is 12.3 Å². The Kier molecular flexibility index (Phi) is 11.2. The maximum Gasteiger partial charge on any atom is 1.00 e. The second kappa shape index (κ2) is 11.6. The van der Waals surface area contributed by atoms with Gasteiger partial charge in [0.25, 0.3) is 0 Å². The molecule has 0 radical (unpaired) electrons. The van der Waals surface area contributed by atoms with Crippen LogP contribution in [0.3, 0.4) is 0 Å². The topological polar surface area (TPSA) is 12.4 Å². The van der Waals surface area contributed by atoms with Crippen LogP contribution in [-0.2, 0) is 0 Å². The summed E-state index contributed by atoms with van der Waals surface area (Å²) in [5.74, 6) is 0. The van der Waals surface area contributed by atoms with Crippen molar-refractivity contribution in [2.24, 2.45) is 4.99 Å². The molecule has 18 heavy (non-hydrogen) atoms. The van der Waals surface area contributed by atoms with Gasteiger partial charge in [0.1, 0.15) is 0 Å². The zero-order valence-corrected chi connectivity index (χ0v) is 12.0. The van der Waals surface area contributed by atoms with Gasteiger partial charge in [-0.1, -0.05) is 56.5 Å². The average Bonchev–Trinajstić information content (AvgIpc) is 2.38. The van der Waals surface area contributed by atoms with Crippen molar-refractivity contribution >= 4 is 5.71 Å². The van der Waals surface area contributed by atoms with Crippen LogP contribution in [0.25, 0.3) is 0 Å². The first-order valence-electron chi connectivity index (χ1n) is 6.76. The second-order valence-electron chi connectivity index (χ2n) is 4.36. The zero-order chi connectivity index (χ0) is 12.3. The van der Waals surface area contributed by atoms with E-state index in [4.69, 9.17) is 4.99 Å².